The average Bonchev–Trinajstić information content (AvgIpc) is 2.41. The van der Waals surface area contributed by atoms with E-state index in [1.165, 1.54) is 11.6 Å². The maximum absolute atomic E-state index is 11.0. The van der Waals surface area contributed by atoms with Crippen molar-refractivity contribution in [3.05, 3.63) is 58.1 Å². The van der Waals surface area contributed by atoms with Gasteiger partial charge in [-0.25, -0.2) is 0 Å². The third-order valence-corrected chi connectivity index (χ3v) is 3.07. The summed E-state index contributed by atoms with van der Waals surface area (Å²) >= 11 is 0. The molecule has 5 heteroatoms. The molecule has 0 fully saturated rings. The maximum Gasteiger partial charge on any atom is 0.294 e. The number of benzene rings is 2. The van der Waals surface area contributed by atoms with Gasteiger partial charge >= 0.3 is 0 Å². The standard InChI is InChI=1S/C15H17N3O2/c1-10(2)11-3-6-13(7-4-11)17-14-8-5-12(16)9-15(14)18(19)20/h3-10,17H,16H2,1-2H3. The molecule has 0 amide bonds. The maximum atomic E-state index is 11.0. The summed E-state index contributed by atoms with van der Waals surface area (Å²) in [5.41, 5.74) is 8.39. The second-order valence-electron chi connectivity index (χ2n) is 4.94. The van der Waals surface area contributed by atoms with Crippen LogP contribution in [0.15, 0.2) is 42.5 Å². The first-order chi connectivity index (χ1) is 9.47. The van der Waals surface area contributed by atoms with Crippen molar-refractivity contribution in [1.29, 1.82) is 0 Å². The predicted octanol–water partition coefficient (Wildman–Crippen LogP) is 4.04. The van der Waals surface area contributed by atoms with Crippen LogP contribution in [0.3, 0.4) is 0 Å². The second-order valence-corrected chi connectivity index (χ2v) is 4.94. The largest absolute Gasteiger partial charge is 0.399 e. The van der Waals surface area contributed by atoms with Crippen LogP contribution in [0.2, 0.25) is 0 Å². The lowest BCUT2D eigenvalue weighted by Gasteiger charge is -2.10. The molecule has 0 saturated carbocycles. The fourth-order valence-corrected chi connectivity index (χ4v) is 1.91. The van der Waals surface area contributed by atoms with Gasteiger partial charge in [0.1, 0.15) is 5.69 Å². The van der Waals surface area contributed by atoms with E-state index in [0.29, 0.717) is 17.3 Å². The molecule has 2 aromatic carbocycles. The first kappa shape index (κ1) is 13.9. The van der Waals surface area contributed by atoms with E-state index in [1.54, 1.807) is 12.1 Å². The Kier molecular flexibility index (Phi) is 3.89. The van der Waals surface area contributed by atoms with Gasteiger partial charge in [0.15, 0.2) is 0 Å². The Morgan fingerprint density at radius 3 is 2.35 bits per heavy atom. The number of hydrogen-bond donors (Lipinski definition) is 2. The molecule has 3 N–H and O–H groups in total. The monoisotopic (exact) mass is 271 g/mol. The van der Waals surface area contributed by atoms with Crippen LogP contribution in [-0.2, 0) is 0 Å². The lowest BCUT2D eigenvalue weighted by Crippen LogP contribution is -1.98. The Bertz CT molecular complexity index is 622. The van der Waals surface area contributed by atoms with Crippen LogP contribution in [0.4, 0.5) is 22.7 Å². The summed E-state index contributed by atoms with van der Waals surface area (Å²) in [7, 11) is 0. The summed E-state index contributed by atoms with van der Waals surface area (Å²) in [6.07, 6.45) is 0. The molecule has 5 nitrogen and oxygen atoms in total. The number of nitrogens with two attached hydrogens (primary N) is 1. The molecular weight excluding hydrogens is 254 g/mol. The number of hydrogen-bond acceptors (Lipinski definition) is 4. The fourth-order valence-electron chi connectivity index (χ4n) is 1.91. The van der Waals surface area contributed by atoms with E-state index in [4.69, 9.17) is 5.73 Å². The van der Waals surface area contributed by atoms with Crippen molar-refractivity contribution in [2.24, 2.45) is 0 Å². The molecule has 2 aromatic rings. The number of nitrogens with zero attached hydrogens (tertiary/aromatic N) is 1. The molecule has 0 aliphatic carbocycles. The number of nitrogens with one attached hydrogen (secondary N) is 1. The average molecular weight is 271 g/mol. The van der Waals surface area contributed by atoms with Gasteiger partial charge in [-0.1, -0.05) is 26.0 Å². The summed E-state index contributed by atoms with van der Waals surface area (Å²) in [6.45, 7) is 4.24. The SMILES string of the molecule is CC(C)c1ccc(Nc2ccc(N)cc2[N+](=O)[O-])cc1. The fraction of sp³-hybridized carbons (Fsp3) is 0.200. The van der Waals surface area contributed by atoms with Gasteiger partial charge in [0.2, 0.25) is 0 Å². The van der Waals surface area contributed by atoms with Gasteiger partial charge in [-0.15, -0.1) is 0 Å². The van der Waals surface area contributed by atoms with Gasteiger partial charge < -0.3 is 11.1 Å². The van der Waals surface area contributed by atoms with Crippen LogP contribution >= 0.6 is 0 Å². The Morgan fingerprint density at radius 2 is 1.80 bits per heavy atom. The number of nitro groups is 1. The van der Waals surface area contributed by atoms with E-state index in [1.807, 2.05) is 24.3 Å². The van der Waals surface area contributed by atoms with Crippen LogP contribution in [-0.4, -0.2) is 4.92 Å². The van der Waals surface area contributed by atoms with Gasteiger partial charge in [-0.05, 0) is 35.7 Å². The summed E-state index contributed by atoms with van der Waals surface area (Å²) in [5, 5.41) is 14.1. The highest BCUT2D eigenvalue weighted by atomic mass is 16.6. The molecule has 0 radical (unpaired) electrons. The molecule has 0 unspecified atom stereocenters. The summed E-state index contributed by atoms with van der Waals surface area (Å²) in [6, 6.07) is 12.4. The van der Waals surface area contributed by atoms with E-state index in [2.05, 4.69) is 19.2 Å². The van der Waals surface area contributed by atoms with Crippen LogP contribution in [0.25, 0.3) is 0 Å². The van der Waals surface area contributed by atoms with Crippen molar-refractivity contribution in [2.45, 2.75) is 19.8 Å². The molecule has 2 rings (SSSR count). The minimum Gasteiger partial charge on any atom is -0.399 e. The lowest BCUT2D eigenvalue weighted by molar-refractivity contribution is -0.383. The van der Waals surface area contributed by atoms with Gasteiger partial charge in [0.25, 0.3) is 5.69 Å². The number of anilines is 3. The molecule has 0 spiro atoms. The van der Waals surface area contributed by atoms with Gasteiger partial charge in [-0.3, -0.25) is 10.1 Å². The zero-order valence-electron chi connectivity index (χ0n) is 11.5. The Labute approximate surface area is 117 Å². The van der Waals surface area contributed by atoms with Crippen LogP contribution in [0, 0.1) is 10.1 Å². The van der Waals surface area contributed by atoms with Gasteiger partial charge in [-0.2, -0.15) is 0 Å². The highest BCUT2D eigenvalue weighted by Crippen LogP contribution is 2.29. The van der Waals surface area contributed by atoms with Crippen molar-refractivity contribution in [2.75, 3.05) is 11.1 Å². The number of rotatable bonds is 4. The normalized spacial score (nSPS) is 10.6. The minimum absolute atomic E-state index is 0.0297. The first-order valence-corrected chi connectivity index (χ1v) is 6.38. The van der Waals surface area contributed by atoms with Crippen molar-refractivity contribution in [3.63, 3.8) is 0 Å². The Balaban J connectivity index is 2.28. The molecule has 0 saturated heterocycles. The van der Waals surface area contributed by atoms with E-state index in [0.717, 1.165) is 5.69 Å². The Hall–Kier alpha value is -2.56. The van der Waals surface area contributed by atoms with Crippen molar-refractivity contribution >= 4 is 22.7 Å². The lowest BCUT2D eigenvalue weighted by atomic mass is 10.0. The first-order valence-electron chi connectivity index (χ1n) is 6.38. The molecule has 0 atom stereocenters. The third kappa shape index (κ3) is 3.06. The van der Waals surface area contributed by atoms with Crippen LogP contribution in [0.1, 0.15) is 25.3 Å². The second kappa shape index (κ2) is 5.61. The quantitative estimate of drug-likeness (QED) is 0.499. The molecule has 0 aromatic heterocycles. The van der Waals surface area contributed by atoms with E-state index in [9.17, 15) is 10.1 Å². The highest BCUT2D eigenvalue weighted by Gasteiger charge is 2.14. The molecule has 0 aliphatic heterocycles. The van der Waals surface area contributed by atoms with Crippen molar-refractivity contribution in [1.82, 2.24) is 0 Å². The molecule has 0 bridgehead atoms. The van der Waals surface area contributed by atoms with E-state index >= 15 is 0 Å². The molecule has 0 heterocycles. The van der Waals surface area contributed by atoms with Gasteiger partial charge in [0.05, 0.1) is 4.92 Å². The zero-order valence-corrected chi connectivity index (χ0v) is 11.5. The highest BCUT2D eigenvalue weighted by molar-refractivity contribution is 5.72. The van der Waals surface area contributed by atoms with E-state index < -0.39 is 4.92 Å². The Morgan fingerprint density at radius 1 is 1.15 bits per heavy atom. The molecule has 104 valence electrons. The third-order valence-electron chi connectivity index (χ3n) is 3.07. The summed E-state index contributed by atoms with van der Waals surface area (Å²) < 4.78 is 0. The summed E-state index contributed by atoms with van der Waals surface area (Å²) in [5.74, 6) is 0.454. The molecule has 0 aliphatic rings. The van der Waals surface area contributed by atoms with Crippen molar-refractivity contribution in [3.8, 4) is 0 Å². The molecular formula is C15H17N3O2. The number of nitro benzene ring substituents is 1. The van der Waals surface area contributed by atoms with Crippen LogP contribution < -0.4 is 11.1 Å². The summed E-state index contributed by atoms with van der Waals surface area (Å²) in [4.78, 5) is 10.6. The zero-order chi connectivity index (χ0) is 14.7. The van der Waals surface area contributed by atoms with Gasteiger partial charge in [0, 0.05) is 17.4 Å². The van der Waals surface area contributed by atoms with Crippen LogP contribution in [0.5, 0.6) is 0 Å². The predicted molar refractivity (Wildman–Crippen MR) is 81.3 cm³/mol. The number of nitrogen functional groups attached to an aromatic ring is 1. The van der Waals surface area contributed by atoms with Crippen molar-refractivity contribution < 1.29 is 4.92 Å². The topological polar surface area (TPSA) is 81.2 Å². The molecule has 20 heavy (non-hydrogen) atoms. The van der Waals surface area contributed by atoms with E-state index in [-0.39, 0.29) is 5.69 Å². The minimum atomic E-state index is -0.443. The smallest absolute Gasteiger partial charge is 0.294 e.